The zero-order valence-electron chi connectivity index (χ0n) is 7.20. The summed E-state index contributed by atoms with van der Waals surface area (Å²) in [6.07, 6.45) is 1.87. The van der Waals surface area contributed by atoms with Crippen molar-refractivity contribution in [2.45, 2.75) is 11.8 Å². The maximum absolute atomic E-state index is 10.5. The first-order valence-electron chi connectivity index (χ1n) is 3.54. The summed E-state index contributed by atoms with van der Waals surface area (Å²) in [6.45, 7) is 1.88. The zero-order valence-corrected chi connectivity index (χ0v) is 8.78. The van der Waals surface area contributed by atoms with Crippen LogP contribution in [-0.4, -0.2) is 11.2 Å². The number of hydrogen-bond acceptors (Lipinski definition) is 3. The number of aryl methyl sites for hydroxylation is 1. The van der Waals surface area contributed by atoms with Gasteiger partial charge in [0.25, 0.3) is 5.69 Å². The van der Waals surface area contributed by atoms with E-state index in [0.717, 1.165) is 10.5 Å². The number of thioether (sulfide) groups is 1. The normalized spacial score (nSPS) is 10.1. The van der Waals surface area contributed by atoms with Gasteiger partial charge in [-0.3, -0.25) is 10.1 Å². The molecule has 3 nitrogen and oxygen atoms in total. The van der Waals surface area contributed by atoms with Crippen molar-refractivity contribution in [3.8, 4) is 0 Å². The Morgan fingerprint density at radius 2 is 2.15 bits per heavy atom. The topological polar surface area (TPSA) is 43.1 Å². The van der Waals surface area contributed by atoms with Gasteiger partial charge in [-0.1, -0.05) is 11.6 Å². The van der Waals surface area contributed by atoms with Crippen molar-refractivity contribution in [2.75, 3.05) is 6.26 Å². The van der Waals surface area contributed by atoms with Crippen molar-refractivity contribution in [1.82, 2.24) is 0 Å². The fraction of sp³-hybridized carbons (Fsp3) is 0.250. The van der Waals surface area contributed by atoms with Crippen LogP contribution in [0.5, 0.6) is 0 Å². The van der Waals surface area contributed by atoms with Gasteiger partial charge in [0.15, 0.2) is 0 Å². The highest BCUT2D eigenvalue weighted by atomic mass is 35.5. The molecule has 1 aromatic carbocycles. The minimum absolute atomic E-state index is 0.0309. The van der Waals surface area contributed by atoms with Crippen LogP contribution in [0.2, 0.25) is 5.02 Å². The Morgan fingerprint density at radius 3 is 2.62 bits per heavy atom. The van der Waals surface area contributed by atoms with E-state index in [1.54, 1.807) is 6.07 Å². The standard InChI is InChI=1S/C8H8ClNO2S/c1-5-3-6(9)7(10(11)12)4-8(5)13-2/h3-4H,1-2H3. The lowest BCUT2D eigenvalue weighted by Crippen LogP contribution is -1.91. The van der Waals surface area contributed by atoms with E-state index >= 15 is 0 Å². The van der Waals surface area contributed by atoms with E-state index in [-0.39, 0.29) is 10.7 Å². The van der Waals surface area contributed by atoms with Crippen LogP contribution in [0.1, 0.15) is 5.56 Å². The van der Waals surface area contributed by atoms with Crippen molar-refractivity contribution >= 4 is 29.1 Å². The molecule has 0 saturated heterocycles. The zero-order chi connectivity index (χ0) is 10.0. The van der Waals surface area contributed by atoms with Gasteiger partial charge < -0.3 is 0 Å². The van der Waals surface area contributed by atoms with Crippen molar-refractivity contribution in [1.29, 1.82) is 0 Å². The number of nitro benzene ring substituents is 1. The molecule has 0 spiro atoms. The average molecular weight is 218 g/mol. The van der Waals surface area contributed by atoms with Gasteiger partial charge in [0.1, 0.15) is 5.02 Å². The van der Waals surface area contributed by atoms with Gasteiger partial charge in [-0.25, -0.2) is 0 Å². The molecule has 0 aromatic heterocycles. The Hall–Kier alpha value is -0.740. The minimum atomic E-state index is -0.471. The quantitative estimate of drug-likeness (QED) is 0.434. The molecule has 0 unspecified atom stereocenters. The second-order valence-corrected chi connectivity index (χ2v) is 3.79. The number of nitro groups is 1. The summed E-state index contributed by atoms with van der Waals surface area (Å²) in [5.74, 6) is 0. The van der Waals surface area contributed by atoms with E-state index in [0.29, 0.717) is 0 Å². The Bertz CT molecular complexity index is 354. The van der Waals surface area contributed by atoms with Crippen molar-refractivity contribution in [3.63, 3.8) is 0 Å². The van der Waals surface area contributed by atoms with Crippen molar-refractivity contribution < 1.29 is 4.92 Å². The van der Waals surface area contributed by atoms with E-state index in [4.69, 9.17) is 11.6 Å². The predicted octanol–water partition coefficient (Wildman–Crippen LogP) is 3.28. The third-order valence-electron chi connectivity index (χ3n) is 1.66. The molecule has 0 amide bonds. The molecule has 1 aromatic rings. The van der Waals surface area contributed by atoms with Crippen LogP contribution in [0.25, 0.3) is 0 Å². The Kier molecular flexibility index (Phi) is 3.17. The van der Waals surface area contributed by atoms with E-state index in [2.05, 4.69) is 0 Å². The molecule has 0 N–H and O–H groups in total. The van der Waals surface area contributed by atoms with Crippen LogP contribution in [0.3, 0.4) is 0 Å². The number of rotatable bonds is 2. The van der Waals surface area contributed by atoms with Gasteiger partial charge in [-0.15, -0.1) is 11.8 Å². The number of halogens is 1. The average Bonchev–Trinajstić information content (AvgIpc) is 2.03. The Labute approximate surface area is 85.2 Å². The Morgan fingerprint density at radius 1 is 1.54 bits per heavy atom. The monoisotopic (exact) mass is 217 g/mol. The van der Waals surface area contributed by atoms with Gasteiger partial charge >= 0.3 is 0 Å². The molecule has 0 aliphatic heterocycles. The van der Waals surface area contributed by atoms with Gasteiger partial charge in [-0.05, 0) is 24.8 Å². The summed E-state index contributed by atoms with van der Waals surface area (Å²) in [4.78, 5) is 10.9. The third-order valence-corrected chi connectivity index (χ3v) is 2.84. The summed E-state index contributed by atoms with van der Waals surface area (Å²) in [5, 5.41) is 10.7. The lowest BCUT2D eigenvalue weighted by Gasteiger charge is -2.02. The Balaban J connectivity index is 3.30. The summed E-state index contributed by atoms with van der Waals surface area (Å²) in [7, 11) is 0. The summed E-state index contributed by atoms with van der Waals surface area (Å²) < 4.78 is 0. The third kappa shape index (κ3) is 2.14. The van der Waals surface area contributed by atoms with Gasteiger partial charge in [0.2, 0.25) is 0 Å². The lowest BCUT2D eigenvalue weighted by atomic mass is 10.2. The van der Waals surface area contributed by atoms with Gasteiger partial charge in [0.05, 0.1) is 4.92 Å². The largest absolute Gasteiger partial charge is 0.289 e. The van der Waals surface area contributed by atoms with Crippen LogP contribution < -0.4 is 0 Å². The second-order valence-electron chi connectivity index (χ2n) is 2.53. The molecule has 0 heterocycles. The van der Waals surface area contributed by atoms with Crippen LogP contribution in [-0.2, 0) is 0 Å². The molecule has 0 aliphatic carbocycles. The first kappa shape index (κ1) is 10.3. The smallest absolute Gasteiger partial charge is 0.258 e. The molecule has 0 fully saturated rings. The highest BCUT2D eigenvalue weighted by Crippen LogP contribution is 2.31. The molecule has 5 heteroatoms. The number of hydrogen-bond donors (Lipinski definition) is 0. The van der Waals surface area contributed by atoms with Crippen LogP contribution in [0.4, 0.5) is 5.69 Å². The fourth-order valence-electron chi connectivity index (χ4n) is 1.00. The van der Waals surface area contributed by atoms with E-state index < -0.39 is 4.92 Å². The van der Waals surface area contributed by atoms with Crippen molar-refractivity contribution in [3.05, 3.63) is 32.8 Å². The van der Waals surface area contributed by atoms with Gasteiger partial charge in [0, 0.05) is 11.0 Å². The van der Waals surface area contributed by atoms with Crippen LogP contribution in [0.15, 0.2) is 17.0 Å². The summed E-state index contributed by atoms with van der Waals surface area (Å²) in [6, 6.07) is 3.12. The maximum Gasteiger partial charge on any atom is 0.289 e. The van der Waals surface area contributed by atoms with E-state index in [1.165, 1.54) is 17.8 Å². The molecule has 0 bridgehead atoms. The molecule has 0 atom stereocenters. The minimum Gasteiger partial charge on any atom is -0.258 e. The predicted molar refractivity (Wildman–Crippen MR) is 54.6 cm³/mol. The van der Waals surface area contributed by atoms with E-state index in [1.807, 2.05) is 13.2 Å². The van der Waals surface area contributed by atoms with Crippen LogP contribution >= 0.6 is 23.4 Å². The van der Waals surface area contributed by atoms with Crippen molar-refractivity contribution in [2.24, 2.45) is 0 Å². The first-order valence-corrected chi connectivity index (χ1v) is 5.15. The molecular formula is C8H8ClNO2S. The highest BCUT2D eigenvalue weighted by molar-refractivity contribution is 7.98. The molecule has 13 heavy (non-hydrogen) atoms. The molecule has 0 aliphatic rings. The van der Waals surface area contributed by atoms with Crippen LogP contribution in [0, 0.1) is 17.0 Å². The number of nitrogens with zero attached hydrogens (tertiary/aromatic N) is 1. The maximum atomic E-state index is 10.5. The summed E-state index contributed by atoms with van der Waals surface area (Å²) in [5.41, 5.74) is 0.930. The molecule has 0 radical (unpaired) electrons. The lowest BCUT2D eigenvalue weighted by molar-refractivity contribution is -0.384. The van der Waals surface area contributed by atoms with Gasteiger partial charge in [-0.2, -0.15) is 0 Å². The molecule has 1 rings (SSSR count). The second kappa shape index (κ2) is 3.98. The summed E-state index contributed by atoms with van der Waals surface area (Å²) >= 11 is 7.18. The SMILES string of the molecule is CSc1cc([N+](=O)[O-])c(Cl)cc1C. The number of benzene rings is 1. The first-order chi connectivity index (χ1) is 6.06. The fourth-order valence-corrected chi connectivity index (χ4v) is 1.90. The highest BCUT2D eigenvalue weighted by Gasteiger charge is 2.14. The molecule has 70 valence electrons. The molecular weight excluding hydrogens is 210 g/mol. The van der Waals surface area contributed by atoms with E-state index in [9.17, 15) is 10.1 Å². The molecule has 0 saturated carbocycles.